The number of carboxylic acids is 1. The molecule has 0 amide bonds. The number of carbonyl (C=O) groups is 1. The predicted molar refractivity (Wildman–Crippen MR) is 80.9 cm³/mol. The first-order chi connectivity index (χ1) is 10.9. The van der Waals surface area contributed by atoms with Gasteiger partial charge in [-0.1, -0.05) is 0 Å². The molecule has 0 aromatic carbocycles. The first-order valence-electron chi connectivity index (χ1n) is 7.67. The van der Waals surface area contributed by atoms with Gasteiger partial charge in [-0.3, -0.25) is 0 Å². The fourth-order valence-corrected chi connectivity index (χ4v) is 5.00. The highest BCUT2D eigenvalue weighted by Crippen LogP contribution is 2.41. The van der Waals surface area contributed by atoms with Crippen LogP contribution in [0.1, 0.15) is 53.0 Å². The van der Waals surface area contributed by atoms with Crippen LogP contribution >= 0.6 is 0 Å². The summed E-state index contributed by atoms with van der Waals surface area (Å²) in [5, 5.41) is 16.4. The number of sulfone groups is 1. The number of aromatic carboxylic acids is 1. The van der Waals surface area contributed by atoms with E-state index < -0.39 is 15.8 Å². The van der Waals surface area contributed by atoms with Crippen molar-refractivity contribution < 1.29 is 18.3 Å². The molecule has 2 fully saturated rings. The second kappa shape index (κ2) is 4.77. The van der Waals surface area contributed by atoms with Gasteiger partial charge in [-0.15, -0.1) is 0 Å². The predicted octanol–water partition coefficient (Wildman–Crippen LogP) is 0.340. The lowest BCUT2D eigenvalue weighted by Crippen LogP contribution is -2.23. The molecule has 2 aliphatic rings. The van der Waals surface area contributed by atoms with Gasteiger partial charge in [0.1, 0.15) is 0 Å². The van der Waals surface area contributed by atoms with Crippen molar-refractivity contribution in [3.05, 3.63) is 23.0 Å². The van der Waals surface area contributed by atoms with E-state index >= 15 is 0 Å². The van der Waals surface area contributed by atoms with E-state index in [0.717, 1.165) is 18.5 Å². The van der Waals surface area contributed by atoms with Gasteiger partial charge in [0.15, 0.2) is 15.5 Å². The maximum absolute atomic E-state index is 11.8. The summed E-state index contributed by atoms with van der Waals surface area (Å²) in [6, 6.07) is 1.30. The molecule has 0 spiro atoms. The number of pyridine rings is 1. The molecular formula is C15H16N3O4S-. The highest BCUT2D eigenvalue weighted by Gasteiger charge is 2.33. The minimum atomic E-state index is -3.06. The van der Waals surface area contributed by atoms with Gasteiger partial charge in [-0.2, -0.15) is 5.10 Å². The summed E-state index contributed by atoms with van der Waals surface area (Å²) in [6.45, 7) is 1.72. The Hall–Kier alpha value is -1.96. The number of aryl methyl sites for hydroxylation is 1. The smallest absolute Gasteiger partial charge is 0.159 e. The lowest BCUT2D eigenvalue weighted by Gasteiger charge is -2.12. The van der Waals surface area contributed by atoms with Gasteiger partial charge in [0.05, 0.1) is 34.6 Å². The molecule has 0 unspecified atom stereocenters. The first-order valence-corrected chi connectivity index (χ1v) is 9.49. The SMILES string of the molecule is Cc1nn([C@@H]2CCS(=O)(=O)C2)c2nc(C3CC3)cc(C(=O)[O-])c12. The van der Waals surface area contributed by atoms with Gasteiger partial charge >= 0.3 is 0 Å². The molecule has 1 saturated heterocycles. The van der Waals surface area contributed by atoms with Crippen molar-refractivity contribution in [1.82, 2.24) is 14.8 Å². The van der Waals surface area contributed by atoms with Crippen molar-refractivity contribution in [2.75, 3.05) is 11.5 Å². The van der Waals surface area contributed by atoms with Gasteiger partial charge in [0.2, 0.25) is 0 Å². The number of hydrogen-bond acceptors (Lipinski definition) is 6. The minimum Gasteiger partial charge on any atom is -0.545 e. The number of rotatable bonds is 3. The van der Waals surface area contributed by atoms with E-state index in [1.807, 2.05) is 0 Å². The van der Waals surface area contributed by atoms with E-state index in [1.165, 1.54) is 0 Å². The summed E-state index contributed by atoms with van der Waals surface area (Å²) in [4.78, 5) is 16.1. The van der Waals surface area contributed by atoms with Crippen LogP contribution in [0.3, 0.4) is 0 Å². The Morgan fingerprint density at radius 2 is 2.09 bits per heavy atom. The minimum absolute atomic E-state index is 0.0270. The second-order valence-electron chi connectivity index (χ2n) is 6.44. The lowest BCUT2D eigenvalue weighted by molar-refractivity contribution is -0.254. The Balaban J connectivity index is 1.94. The van der Waals surface area contributed by atoms with Crippen molar-refractivity contribution in [3.8, 4) is 0 Å². The molecule has 1 aliphatic heterocycles. The molecule has 3 heterocycles. The monoisotopic (exact) mass is 334 g/mol. The maximum atomic E-state index is 11.8. The second-order valence-corrected chi connectivity index (χ2v) is 8.67. The zero-order valence-electron chi connectivity index (χ0n) is 12.7. The molecule has 23 heavy (non-hydrogen) atoms. The number of carboxylic acid groups (broad SMARTS) is 1. The van der Waals surface area contributed by atoms with E-state index in [9.17, 15) is 18.3 Å². The third-order valence-corrected chi connectivity index (χ3v) is 6.38. The van der Waals surface area contributed by atoms with Crippen LogP contribution in [0.4, 0.5) is 0 Å². The third kappa shape index (κ3) is 2.41. The molecule has 0 radical (unpaired) electrons. The van der Waals surface area contributed by atoms with Crippen LogP contribution in [-0.4, -0.2) is 40.7 Å². The summed E-state index contributed by atoms with van der Waals surface area (Å²) in [5.74, 6) is -0.804. The third-order valence-electron chi connectivity index (χ3n) is 4.63. The molecule has 7 nitrogen and oxygen atoms in total. The van der Waals surface area contributed by atoms with Crippen LogP contribution in [0, 0.1) is 6.92 Å². The maximum Gasteiger partial charge on any atom is 0.159 e. The van der Waals surface area contributed by atoms with Crippen LogP contribution < -0.4 is 5.11 Å². The van der Waals surface area contributed by atoms with Crippen molar-refractivity contribution >= 4 is 26.8 Å². The standard InChI is InChI=1S/C15H17N3O4S/c1-8-13-11(15(19)20)6-12(9-2-3-9)16-14(13)18(17-8)10-4-5-23(21,22)7-10/h6,9-10H,2-5,7H2,1H3,(H,19,20)/p-1/t10-/m1/s1. The fourth-order valence-electron chi connectivity index (χ4n) is 3.30. The quantitative estimate of drug-likeness (QED) is 0.801. The Morgan fingerprint density at radius 1 is 1.35 bits per heavy atom. The van der Waals surface area contributed by atoms with Gasteiger partial charge in [0.25, 0.3) is 0 Å². The van der Waals surface area contributed by atoms with Crippen molar-refractivity contribution in [2.45, 2.75) is 38.1 Å². The Bertz CT molecular complexity index is 928. The van der Waals surface area contributed by atoms with E-state index in [1.54, 1.807) is 17.7 Å². The normalized spacial score (nSPS) is 23.4. The summed E-state index contributed by atoms with van der Waals surface area (Å²) in [7, 11) is -3.06. The summed E-state index contributed by atoms with van der Waals surface area (Å²) >= 11 is 0. The lowest BCUT2D eigenvalue weighted by atomic mass is 10.1. The fraction of sp³-hybridized carbons (Fsp3) is 0.533. The summed E-state index contributed by atoms with van der Waals surface area (Å²) in [6.07, 6.45) is 2.47. The zero-order chi connectivity index (χ0) is 16.4. The molecule has 122 valence electrons. The number of carbonyl (C=O) groups excluding carboxylic acids is 1. The molecular weight excluding hydrogens is 318 g/mol. The van der Waals surface area contributed by atoms with Crippen LogP contribution in [0.25, 0.3) is 11.0 Å². The Kier molecular flexibility index (Phi) is 3.03. The highest BCUT2D eigenvalue weighted by atomic mass is 32.2. The van der Waals surface area contributed by atoms with Crippen molar-refractivity contribution in [1.29, 1.82) is 0 Å². The molecule has 0 bridgehead atoms. The van der Waals surface area contributed by atoms with Crippen molar-refractivity contribution in [2.24, 2.45) is 0 Å². The molecule has 1 aliphatic carbocycles. The van der Waals surface area contributed by atoms with Crippen LogP contribution in [0.2, 0.25) is 0 Å². The van der Waals surface area contributed by atoms with Gasteiger partial charge < -0.3 is 9.90 Å². The molecule has 8 heteroatoms. The van der Waals surface area contributed by atoms with Crippen molar-refractivity contribution in [3.63, 3.8) is 0 Å². The molecule has 0 N–H and O–H groups in total. The van der Waals surface area contributed by atoms with Crippen LogP contribution in [0.5, 0.6) is 0 Å². The molecule has 2 aromatic rings. The Labute approximate surface area is 133 Å². The van der Waals surface area contributed by atoms with Crippen LogP contribution in [0.15, 0.2) is 6.07 Å². The summed E-state index contributed by atoms with van der Waals surface area (Å²) < 4.78 is 25.1. The average molecular weight is 334 g/mol. The number of hydrogen-bond donors (Lipinski definition) is 0. The van der Waals surface area contributed by atoms with Gasteiger partial charge in [0, 0.05) is 17.2 Å². The molecule has 1 atom stereocenters. The van der Waals surface area contributed by atoms with E-state index in [-0.39, 0.29) is 29.0 Å². The Morgan fingerprint density at radius 3 is 2.65 bits per heavy atom. The number of fused-ring (bicyclic) bond motifs is 1. The first kappa shape index (κ1) is 14.6. The van der Waals surface area contributed by atoms with Crippen LogP contribution in [-0.2, 0) is 9.84 Å². The molecule has 4 rings (SSSR count). The highest BCUT2D eigenvalue weighted by molar-refractivity contribution is 7.91. The van der Waals surface area contributed by atoms with E-state index in [2.05, 4.69) is 10.1 Å². The van der Waals surface area contributed by atoms with Gasteiger partial charge in [-0.25, -0.2) is 18.1 Å². The summed E-state index contributed by atoms with van der Waals surface area (Å²) in [5.41, 5.74) is 1.84. The molecule has 2 aromatic heterocycles. The zero-order valence-corrected chi connectivity index (χ0v) is 13.5. The number of nitrogens with zero attached hydrogens (tertiary/aromatic N) is 3. The molecule has 1 saturated carbocycles. The average Bonchev–Trinajstić information content (AvgIpc) is 3.20. The largest absolute Gasteiger partial charge is 0.545 e. The van der Waals surface area contributed by atoms with E-state index in [0.29, 0.717) is 23.1 Å². The number of aromatic nitrogens is 3. The van der Waals surface area contributed by atoms with E-state index in [4.69, 9.17) is 0 Å². The topological polar surface area (TPSA) is 105 Å². The van der Waals surface area contributed by atoms with Gasteiger partial charge in [-0.05, 0) is 32.3 Å².